The molecular formula is C18H14N2O4S. The molecule has 6 nitrogen and oxygen atoms in total. The number of rotatable bonds is 2. The van der Waals surface area contributed by atoms with E-state index in [1.54, 1.807) is 34.9 Å². The van der Waals surface area contributed by atoms with Crippen molar-refractivity contribution in [3.63, 3.8) is 0 Å². The van der Waals surface area contributed by atoms with Crippen LogP contribution in [0.3, 0.4) is 0 Å². The topological polar surface area (TPSA) is 67.9 Å². The summed E-state index contributed by atoms with van der Waals surface area (Å²) in [4.78, 5) is 27.2. The molecule has 0 aromatic heterocycles. The van der Waals surface area contributed by atoms with Crippen LogP contribution in [0.1, 0.15) is 21.3 Å². The molecule has 0 spiro atoms. The number of anilines is 1. The maximum Gasteiger partial charge on any atom is 0.256 e. The first-order valence-electron chi connectivity index (χ1n) is 7.96. The Morgan fingerprint density at radius 3 is 2.92 bits per heavy atom. The Morgan fingerprint density at radius 2 is 2.00 bits per heavy atom. The minimum absolute atomic E-state index is 0.0727. The minimum Gasteiger partial charge on any atom is -0.454 e. The second-order valence-electron chi connectivity index (χ2n) is 6.06. The molecule has 0 saturated carbocycles. The molecule has 5 rings (SSSR count). The highest BCUT2D eigenvalue weighted by Crippen LogP contribution is 2.48. The monoisotopic (exact) mass is 354 g/mol. The number of carbonyl (C=O) groups excluding carboxylic acids is 2. The van der Waals surface area contributed by atoms with E-state index in [2.05, 4.69) is 5.32 Å². The third-order valence-corrected chi connectivity index (χ3v) is 5.94. The van der Waals surface area contributed by atoms with Gasteiger partial charge in [0.05, 0.1) is 0 Å². The molecule has 0 aliphatic carbocycles. The average Bonchev–Trinajstić information content (AvgIpc) is 3.32. The molecule has 2 aromatic rings. The number of carbonyl (C=O) groups is 2. The van der Waals surface area contributed by atoms with Crippen LogP contribution < -0.4 is 14.8 Å². The molecule has 2 amide bonds. The standard InChI is InChI=1S/C18H14N2O4S/c21-16(19-10-5-6-14-15(7-10)24-9-23-14)13-8-25-18-12-4-2-1-3-11(12)17(22)20(13)18/h1-7,13,18H,8-9H2,(H,19,21)/t13-,18-/m0/s1. The van der Waals surface area contributed by atoms with Gasteiger partial charge in [0.1, 0.15) is 11.4 Å². The van der Waals surface area contributed by atoms with Crippen molar-refractivity contribution in [1.82, 2.24) is 4.90 Å². The number of benzene rings is 2. The summed E-state index contributed by atoms with van der Waals surface area (Å²) in [6.45, 7) is 0.189. The van der Waals surface area contributed by atoms with Crippen LogP contribution in [0.25, 0.3) is 0 Å². The molecule has 25 heavy (non-hydrogen) atoms. The van der Waals surface area contributed by atoms with Gasteiger partial charge in [0, 0.05) is 23.1 Å². The van der Waals surface area contributed by atoms with Crippen LogP contribution in [0, 0.1) is 0 Å². The Balaban J connectivity index is 1.38. The normalized spacial score (nSPS) is 22.7. The fraction of sp³-hybridized carbons (Fsp3) is 0.222. The van der Waals surface area contributed by atoms with Gasteiger partial charge < -0.3 is 19.7 Å². The summed E-state index contributed by atoms with van der Waals surface area (Å²) in [5, 5.41) is 2.82. The lowest BCUT2D eigenvalue weighted by atomic mass is 10.1. The molecule has 3 aliphatic rings. The second kappa shape index (κ2) is 5.42. The van der Waals surface area contributed by atoms with E-state index >= 15 is 0 Å². The molecule has 2 atom stereocenters. The third kappa shape index (κ3) is 2.19. The van der Waals surface area contributed by atoms with Gasteiger partial charge in [0.2, 0.25) is 12.7 Å². The smallest absolute Gasteiger partial charge is 0.256 e. The number of amides is 2. The minimum atomic E-state index is -0.486. The Bertz CT molecular complexity index is 900. The predicted molar refractivity (Wildman–Crippen MR) is 92.8 cm³/mol. The molecule has 3 heterocycles. The molecule has 1 saturated heterocycles. The van der Waals surface area contributed by atoms with Crippen molar-refractivity contribution in [2.24, 2.45) is 0 Å². The molecule has 0 radical (unpaired) electrons. The SMILES string of the molecule is O=C(Nc1ccc2c(c1)OCO2)[C@@H]1CS[C@H]2c3ccccc3C(=O)N12. The molecule has 7 heteroatoms. The summed E-state index contributed by atoms with van der Waals surface area (Å²) >= 11 is 1.63. The summed E-state index contributed by atoms with van der Waals surface area (Å²) in [5.41, 5.74) is 2.32. The van der Waals surface area contributed by atoms with Gasteiger partial charge >= 0.3 is 0 Å². The Labute approximate surface area is 148 Å². The van der Waals surface area contributed by atoms with Gasteiger partial charge in [0.25, 0.3) is 5.91 Å². The lowest BCUT2D eigenvalue weighted by molar-refractivity contribution is -0.119. The first-order chi connectivity index (χ1) is 12.2. The van der Waals surface area contributed by atoms with E-state index in [9.17, 15) is 9.59 Å². The summed E-state index contributed by atoms with van der Waals surface area (Å²) < 4.78 is 10.6. The fourth-order valence-corrected chi connectivity index (χ4v) is 4.91. The first-order valence-corrected chi connectivity index (χ1v) is 9.01. The summed E-state index contributed by atoms with van der Waals surface area (Å²) in [6.07, 6.45) is 0. The van der Waals surface area contributed by atoms with E-state index in [4.69, 9.17) is 9.47 Å². The zero-order valence-electron chi connectivity index (χ0n) is 13.1. The first kappa shape index (κ1) is 14.7. The molecule has 2 aromatic carbocycles. The quantitative estimate of drug-likeness (QED) is 0.898. The third-order valence-electron chi connectivity index (χ3n) is 4.63. The van der Waals surface area contributed by atoms with Crippen molar-refractivity contribution in [3.05, 3.63) is 53.6 Å². The van der Waals surface area contributed by atoms with Crippen LogP contribution in [0.4, 0.5) is 5.69 Å². The highest BCUT2D eigenvalue weighted by Gasteiger charge is 2.48. The Hall–Kier alpha value is -2.67. The zero-order valence-corrected chi connectivity index (χ0v) is 13.9. The maximum absolute atomic E-state index is 12.8. The Kier molecular flexibility index (Phi) is 3.18. The fourth-order valence-electron chi connectivity index (χ4n) is 3.44. The van der Waals surface area contributed by atoms with Crippen molar-refractivity contribution < 1.29 is 19.1 Å². The van der Waals surface area contributed by atoms with E-state index in [1.165, 1.54) is 0 Å². The van der Waals surface area contributed by atoms with E-state index in [0.717, 1.165) is 5.56 Å². The number of hydrogen-bond acceptors (Lipinski definition) is 5. The van der Waals surface area contributed by atoms with Crippen LogP contribution in [0.15, 0.2) is 42.5 Å². The summed E-state index contributed by atoms with van der Waals surface area (Å²) in [5.74, 6) is 1.61. The number of nitrogens with one attached hydrogen (secondary N) is 1. The van der Waals surface area contributed by atoms with Gasteiger partial charge in [-0.05, 0) is 23.8 Å². The van der Waals surface area contributed by atoms with Crippen LogP contribution in [-0.4, -0.2) is 35.3 Å². The van der Waals surface area contributed by atoms with Crippen LogP contribution in [0.5, 0.6) is 11.5 Å². The van der Waals surface area contributed by atoms with Crippen LogP contribution in [0.2, 0.25) is 0 Å². The molecule has 126 valence electrons. The van der Waals surface area contributed by atoms with Crippen molar-refractivity contribution in [3.8, 4) is 11.5 Å². The lowest BCUT2D eigenvalue weighted by Gasteiger charge is -2.22. The molecule has 0 bridgehead atoms. The number of nitrogens with zero attached hydrogens (tertiary/aromatic N) is 1. The average molecular weight is 354 g/mol. The zero-order chi connectivity index (χ0) is 17.0. The second-order valence-corrected chi connectivity index (χ2v) is 7.17. The van der Waals surface area contributed by atoms with Crippen LogP contribution in [-0.2, 0) is 4.79 Å². The van der Waals surface area contributed by atoms with Crippen molar-refractivity contribution in [2.75, 3.05) is 17.9 Å². The largest absolute Gasteiger partial charge is 0.454 e. The molecule has 0 unspecified atom stereocenters. The summed E-state index contributed by atoms with van der Waals surface area (Å²) in [6, 6.07) is 12.3. The van der Waals surface area contributed by atoms with Gasteiger partial charge in [-0.2, -0.15) is 0 Å². The highest BCUT2D eigenvalue weighted by molar-refractivity contribution is 7.99. The van der Waals surface area contributed by atoms with Crippen molar-refractivity contribution in [2.45, 2.75) is 11.4 Å². The molecule has 1 N–H and O–H groups in total. The van der Waals surface area contributed by atoms with E-state index < -0.39 is 6.04 Å². The van der Waals surface area contributed by atoms with E-state index in [1.807, 2.05) is 24.3 Å². The van der Waals surface area contributed by atoms with E-state index in [-0.39, 0.29) is 24.0 Å². The highest BCUT2D eigenvalue weighted by atomic mass is 32.2. The molecular weight excluding hydrogens is 340 g/mol. The lowest BCUT2D eigenvalue weighted by Crippen LogP contribution is -2.42. The maximum atomic E-state index is 12.8. The number of thioether (sulfide) groups is 1. The number of ether oxygens (including phenoxy) is 2. The number of hydrogen-bond donors (Lipinski definition) is 1. The van der Waals surface area contributed by atoms with Crippen molar-refractivity contribution in [1.29, 1.82) is 0 Å². The van der Waals surface area contributed by atoms with Crippen LogP contribution >= 0.6 is 11.8 Å². The predicted octanol–water partition coefficient (Wildman–Crippen LogP) is 2.62. The van der Waals surface area contributed by atoms with Gasteiger partial charge in [-0.25, -0.2) is 0 Å². The molecule has 1 fully saturated rings. The Morgan fingerprint density at radius 1 is 1.16 bits per heavy atom. The van der Waals surface area contributed by atoms with E-state index in [0.29, 0.717) is 28.5 Å². The summed E-state index contributed by atoms with van der Waals surface area (Å²) in [7, 11) is 0. The van der Waals surface area contributed by atoms with Gasteiger partial charge in [-0.3, -0.25) is 9.59 Å². The van der Waals surface area contributed by atoms with Gasteiger partial charge in [0.15, 0.2) is 11.5 Å². The van der Waals surface area contributed by atoms with Gasteiger partial charge in [-0.15, -0.1) is 11.8 Å². The molecule has 3 aliphatic heterocycles. The van der Waals surface area contributed by atoms with Gasteiger partial charge in [-0.1, -0.05) is 18.2 Å². The van der Waals surface area contributed by atoms with Crippen molar-refractivity contribution >= 4 is 29.3 Å². The number of fused-ring (bicyclic) bond motifs is 4.